The molecule has 4 rings (SSSR count). The van der Waals surface area contributed by atoms with E-state index in [1.54, 1.807) is 24.3 Å². The van der Waals surface area contributed by atoms with Crippen molar-refractivity contribution in [1.82, 2.24) is 19.7 Å². The van der Waals surface area contributed by atoms with Gasteiger partial charge in [-0.15, -0.1) is 0 Å². The van der Waals surface area contributed by atoms with Gasteiger partial charge in [0.1, 0.15) is 11.6 Å². The van der Waals surface area contributed by atoms with Crippen LogP contribution >= 0.6 is 11.6 Å². The lowest BCUT2D eigenvalue weighted by Gasteiger charge is -2.04. The first-order valence-electron chi connectivity index (χ1n) is 7.76. The van der Waals surface area contributed by atoms with E-state index in [0.29, 0.717) is 22.1 Å². The number of fused-ring (bicyclic) bond motifs is 1. The molecule has 0 radical (unpaired) electrons. The largest absolute Gasteiger partial charge is 0.464 e. The fourth-order valence-electron chi connectivity index (χ4n) is 2.75. The van der Waals surface area contributed by atoms with Crippen LogP contribution in [0.1, 0.15) is 10.5 Å². The quantitative estimate of drug-likeness (QED) is 0.540. The van der Waals surface area contributed by atoms with E-state index in [9.17, 15) is 4.79 Å². The van der Waals surface area contributed by atoms with Crippen LogP contribution in [0.15, 0.2) is 48.5 Å². The van der Waals surface area contributed by atoms with E-state index in [2.05, 4.69) is 15.1 Å². The van der Waals surface area contributed by atoms with Crippen LogP contribution in [0.4, 0.5) is 5.82 Å². The lowest BCUT2D eigenvalue weighted by Crippen LogP contribution is -2.05. The van der Waals surface area contributed by atoms with E-state index in [1.165, 1.54) is 11.8 Å². The number of anilines is 1. The highest BCUT2D eigenvalue weighted by Gasteiger charge is 2.26. The van der Waals surface area contributed by atoms with Gasteiger partial charge in [0.25, 0.3) is 0 Å². The first-order chi connectivity index (χ1) is 12.6. The number of methoxy groups -OCH3 is 1. The summed E-state index contributed by atoms with van der Waals surface area (Å²) in [5.74, 6) is 0.121. The van der Waals surface area contributed by atoms with Crippen LogP contribution in [0.2, 0.25) is 5.02 Å². The van der Waals surface area contributed by atoms with Crippen LogP contribution in [0.5, 0.6) is 0 Å². The number of nitrogens with one attached hydrogen (secondary N) is 1. The maximum Gasteiger partial charge on any atom is 0.359 e. The van der Waals surface area contributed by atoms with Crippen molar-refractivity contribution >= 4 is 34.4 Å². The number of hydrogen-bond donors (Lipinski definition) is 2. The van der Waals surface area contributed by atoms with Crippen molar-refractivity contribution in [1.29, 1.82) is 0 Å². The molecule has 2 heterocycles. The van der Waals surface area contributed by atoms with Gasteiger partial charge in [-0.1, -0.05) is 23.7 Å². The summed E-state index contributed by atoms with van der Waals surface area (Å²) < 4.78 is 6.33. The standard InChI is InChI=1S/C18H14ClN5O2/c1-26-18(25)15-14(17-21-12-4-2-3-5-13(12)22-17)16(20)24(23-15)11-8-6-10(19)7-9-11/h2-9H,20H2,1H3,(H,21,22). The molecule has 0 aliphatic heterocycles. The number of para-hydroxylation sites is 2. The maximum absolute atomic E-state index is 12.3. The summed E-state index contributed by atoms with van der Waals surface area (Å²) in [6.07, 6.45) is 0. The highest BCUT2D eigenvalue weighted by atomic mass is 35.5. The number of aromatic amines is 1. The van der Waals surface area contributed by atoms with Gasteiger partial charge in [0.2, 0.25) is 0 Å². The molecule has 3 N–H and O–H groups in total. The third-order valence-corrected chi connectivity index (χ3v) is 4.25. The van der Waals surface area contributed by atoms with Crippen molar-refractivity contribution in [3.63, 3.8) is 0 Å². The van der Waals surface area contributed by atoms with Gasteiger partial charge in [0.15, 0.2) is 5.69 Å². The van der Waals surface area contributed by atoms with Crippen molar-refractivity contribution < 1.29 is 9.53 Å². The highest BCUT2D eigenvalue weighted by Crippen LogP contribution is 2.31. The van der Waals surface area contributed by atoms with Crippen molar-refractivity contribution in [2.24, 2.45) is 0 Å². The van der Waals surface area contributed by atoms with Gasteiger partial charge in [-0.3, -0.25) is 0 Å². The number of halogens is 1. The zero-order valence-corrected chi connectivity index (χ0v) is 14.5. The monoisotopic (exact) mass is 367 g/mol. The predicted octanol–water partition coefficient (Wildman–Crippen LogP) is 3.44. The van der Waals surface area contributed by atoms with Crippen molar-refractivity contribution in [2.75, 3.05) is 12.8 Å². The number of imidazole rings is 1. The molecule has 0 saturated carbocycles. The predicted molar refractivity (Wildman–Crippen MR) is 99.4 cm³/mol. The molecule has 0 atom stereocenters. The maximum atomic E-state index is 12.3. The molecular formula is C18H14ClN5O2. The number of rotatable bonds is 3. The Morgan fingerprint density at radius 2 is 1.92 bits per heavy atom. The molecule has 0 fully saturated rings. The molecule has 2 aromatic carbocycles. The molecule has 8 heteroatoms. The summed E-state index contributed by atoms with van der Waals surface area (Å²) in [4.78, 5) is 20.0. The minimum Gasteiger partial charge on any atom is -0.464 e. The van der Waals surface area contributed by atoms with Gasteiger partial charge in [-0.25, -0.2) is 14.5 Å². The fraction of sp³-hybridized carbons (Fsp3) is 0.0556. The number of esters is 1. The van der Waals surface area contributed by atoms with E-state index in [0.717, 1.165) is 11.0 Å². The first-order valence-corrected chi connectivity index (χ1v) is 8.14. The Kier molecular flexibility index (Phi) is 3.85. The molecular weight excluding hydrogens is 354 g/mol. The topological polar surface area (TPSA) is 98.8 Å². The molecule has 0 aliphatic rings. The number of carbonyl (C=O) groups is 1. The van der Waals surface area contributed by atoms with E-state index in [-0.39, 0.29) is 11.5 Å². The number of aromatic nitrogens is 4. The molecule has 0 saturated heterocycles. The Balaban J connectivity index is 1.95. The van der Waals surface area contributed by atoms with Crippen molar-refractivity contribution in [3.8, 4) is 17.1 Å². The summed E-state index contributed by atoms with van der Waals surface area (Å²) in [7, 11) is 1.29. The second kappa shape index (κ2) is 6.20. The van der Waals surface area contributed by atoms with Crippen LogP contribution < -0.4 is 5.73 Å². The van der Waals surface area contributed by atoms with Gasteiger partial charge >= 0.3 is 5.97 Å². The molecule has 130 valence electrons. The van der Waals surface area contributed by atoms with Crippen LogP contribution in [0, 0.1) is 0 Å². The van der Waals surface area contributed by atoms with Gasteiger partial charge in [0.05, 0.1) is 29.4 Å². The van der Waals surface area contributed by atoms with Crippen molar-refractivity contribution in [2.45, 2.75) is 0 Å². The second-order valence-corrected chi connectivity index (χ2v) is 6.03. The lowest BCUT2D eigenvalue weighted by molar-refractivity contribution is 0.0594. The molecule has 26 heavy (non-hydrogen) atoms. The van der Waals surface area contributed by atoms with E-state index >= 15 is 0 Å². The average Bonchev–Trinajstić information content (AvgIpc) is 3.22. The molecule has 0 bridgehead atoms. The normalized spacial score (nSPS) is 11.0. The van der Waals surface area contributed by atoms with E-state index in [1.807, 2.05) is 24.3 Å². The van der Waals surface area contributed by atoms with Crippen LogP contribution in [0.25, 0.3) is 28.1 Å². The number of ether oxygens (including phenoxy) is 1. The fourth-order valence-corrected chi connectivity index (χ4v) is 2.88. The summed E-state index contributed by atoms with van der Waals surface area (Å²) in [5, 5.41) is 4.93. The number of carbonyl (C=O) groups excluding carboxylic acids is 1. The number of H-pyrrole nitrogens is 1. The number of nitrogens with zero attached hydrogens (tertiary/aromatic N) is 3. The van der Waals surface area contributed by atoms with Gasteiger partial charge in [0, 0.05) is 5.02 Å². The molecule has 0 spiro atoms. The number of nitrogens with two attached hydrogens (primary N) is 1. The summed E-state index contributed by atoms with van der Waals surface area (Å²) in [5.41, 5.74) is 9.05. The van der Waals surface area contributed by atoms with Crippen LogP contribution in [-0.2, 0) is 4.74 Å². The lowest BCUT2D eigenvalue weighted by atomic mass is 10.2. The zero-order valence-electron chi connectivity index (χ0n) is 13.7. The number of hydrogen-bond acceptors (Lipinski definition) is 5. The average molecular weight is 368 g/mol. The van der Waals surface area contributed by atoms with Gasteiger partial charge < -0.3 is 15.5 Å². The minimum atomic E-state index is -0.597. The Morgan fingerprint density at radius 1 is 1.19 bits per heavy atom. The Labute approximate surface area is 153 Å². The Bertz CT molecular complexity index is 1080. The van der Waals surface area contributed by atoms with E-state index < -0.39 is 5.97 Å². The zero-order chi connectivity index (χ0) is 18.3. The molecule has 0 aliphatic carbocycles. The molecule has 0 amide bonds. The summed E-state index contributed by atoms with van der Waals surface area (Å²) >= 11 is 5.94. The summed E-state index contributed by atoms with van der Waals surface area (Å²) in [6, 6.07) is 14.5. The van der Waals surface area contributed by atoms with E-state index in [4.69, 9.17) is 22.1 Å². The highest BCUT2D eigenvalue weighted by molar-refractivity contribution is 6.30. The first kappa shape index (κ1) is 16.2. The Hall–Kier alpha value is -3.32. The number of benzene rings is 2. The smallest absolute Gasteiger partial charge is 0.359 e. The second-order valence-electron chi connectivity index (χ2n) is 5.59. The molecule has 0 unspecified atom stereocenters. The SMILES string of the molecule is COC(=O)c1nn(-c2ccc(Cl)cc2)c(N)c1-c1nc2ccccc2[nH]1. The molecule has 2 aromatic heterocycles. The third-order valence-electron chi connectivity index (χ3n) is 4.00. The number of nitrogen functional groups attached to an aromatic ring is 1. The van der Waals surface area contributed by atoms with Gasteiger partial charge in [-0.2, -0.15) is 5.10 Å². The van der Waals surface area contributed by atoms with Gasteiger partial charge in [-0.05, 0) is 36.4 Å². The Morgan fingerprint density at radius 3 is 2.62 bits per heavy atom. The summed E-state index contributed by atoms with van der Waals surface area (Å²) in [6.45, 7) is 0. The van der Waals surface area contributed by atoms with Crippen LogP contribution in [-0.4, -0.2) is 32.8 Å². The van der Waals surface area contributed by atoms with Crippen LogP contribution in [0.3, 0.4) is 0 Å². The van der Waals surface area contributed by atoms with Crippen molar-refractivity contribution in [3.05, 3.63) is 59.2 Å². The minimum absolute atomic E-state index is 0.0824. The molecule has 4 aromatic rings. The third kappa shape index (κ3) is 2.58. The molecule has 7 nitrogen and oxygen atoms in total.